The maximum Gasteiger partial charge on any atom is 0.254 e. The van der Waals surface area contributed by atoms with Crippen molar-refractivity contribution in [2.75, 3.05) is 6.54 Å². The molecule has 0 radical (unpaired) electrons. The van der Waals surface area contributed by atoms with Gasteiger partial charge in [-0.2, -0.15) is 5.10 Å². The number of aromatic nitrogens is 2. The summed E-state index contributed by atoms with van der Waals surface area (Å²) in [5.41, 5.74) is 4.55. The van der Waals surface area contributed by atoms with E-state index in [2.05, 4.69) is 22.5 Å². The molecule has 5 heteroatoms. The van der Waals surface area contributed by atoms with E-state index < -0.39 is 6.10 Å². The SMILES string of the molecule is Cc1ccc(C)c(-n2ncc(C(=O)NCC(O)CC(C)C)c2C)c1. The van der Waals surface area contributed by atoms with Gasteiger partial charge in [0.25, 0.3) is 5.91 Å². The van der Waals surface area contributed by atoms with Gasteiger partial charge >= 0.3 is 0 Å². The Morgan fingerprint density at radius 3 is 2.67 bits per heavy atom. The number of nitrogens with one attached hydrogen (secondary N) is 1. The van der Waals surface area contributed by atoms with Crippen molar-refractivity contribution in [2.24, 2.45) is 5.92 Å². The van der Waals surface area contributed by atoms with Crippen LogP contribution in [-0.4, -0.2) is 33.4 Å². The summed E-state index contributed by atoms with van der Waals surface area (Å²) in [6.45, 7) is 10.3. The van der Waals surface area contributed by atoms with Crippen LogP contribution in [-0.2, 0) is 0 Å². The molecule has 1 aromatic carbocycles. The van der Waals surface area contributed by atoms with Gasteiger partial charge in [-0.15, -0.1) is 0 Å². The summed E-state index contributed by atoms with van der Waals surface area (Å²) in [6.07, 6.45) is 1.73. The normalized spacial score (nSPS) is 12.5. The van der Waals surface area contributed by atoms with Gasteiger partial charge in [0, 0.05) is 6.54 Å². The summed E-state index contributed by atoms with van der Waals surface area (Å²) >= 11 is 0. The predicted octanol–water partition coefficient (Wildman–Crippen LogP) is 2.93. The van der Waals surface area contributed by atoms with Gasteiger partial charge < -0.3 is 10.4 Å². The molecule has 1 unspecified atom stereocenters. The minimum Gasteiger partial charge on any atom is -0.391 e. The molecule has 130 valence electrons. The Kier molecular flexibility index (Phi) is 5.78. The van der Waals surface area contributed by atoms with Crippen LogP contribution in [0.25, 0.3) is 5.69 Å². The van der Waals surface area contributed by atoms with Crippen LogP contribution < -0.4 is 5.32 Å². The Morgan fingerprint density at radius 1 is 1.29 bits per heavy atom. The molecule has 0 aliphatic carbocycles. The molecule has 0 spiro atoms. The fourth-order valence-corrected chi connectivity index (χ4v) is 2.76. The van der Waals surface area contributed by atoms with Gasteiger partial charge in [0.05, 0.1) is 29.2 Å². The molecule has 1 amide bonds. The third-order valence-electron chi connectivity index (χ3n) is 4.09. The quantitative estimate of drug-likeness (QED) is 0.856. The molecule has 0 saturated carbocycles. The third kappa shape index (κ3) is 4.23. The number of carbonyl (C=O) groups excluding carboxylic acids is 1. The average molecular weight is 329 g/mol. The van der Waals surface area contributed by atoms with Crippen molar-refractivity contribution in [3.8, 4) is 5.69 Å². The second-order valence-corrected chi connectivity index (χ2v) is 6.84. The molecular formula is C19H27N3O2. The van der Waals surface area contributed by atoms with Crippen molar-refractivity contribution in [2.45, 2.75) is 47.1 Å². The van der Waals surface area contributed by atoms with E-state index in [0.717, 1.165) is 22.5 Å². The Bertz CT molecular complexity index is 719. The van der Waals surface area contributed by atoms with Crippen LogP contribution in [0.3, 0.4) is 0 Å². The monoisotopic (exact) mass is 329 g/mol. The van der Waals surface area contributed by atoms with Crippen molar-refractivity contribution in [3.05, 3.63) is 46.8 Å². The number of hydrogen-bond acceptors (Lipinski definition) is 3. The zero-order valence-corrected chi connectivity index (χ0v) is 15.1. The molecule has 0 saturated heterocycles. The van der Waals surface area contributed by atoms with Gasteiger partial charge in [0.15, 0.2) is 0 Å². The van der Waals surface area contributed by atoms with Crippen LogP contribution in [0.1, 0.15) is 47.4 Å². The number of aliphatic hydroxyl groups excluding tert-OH is 1. The van der Waals surface area contributed by atoms with E-state index in [1.54, 1.807) is 10.9 Å². The largest absolute Gasteiger partial charge is 0.391 e. The van der Waals surface area contributed by atoms with E-state index in [-0.39, 0.29) is 12.5 Å². The number of aliphatic hydroxyl groups is 1. The van der Waals surface area contributed by atoms with Crippen molar-refractivity contribution < 1.29 is 9.90 Å². The molecule has 0 aliphatic heterocycles. The molecule has 0 fully saturated rings. The summed E-state index contributed by atoms with van der Waals surface area (Å²) in [6, 6.07) is 6.17. The van der Waals surface area contributed by atoms with Crippen molar-refractivity contribution in [1.29, 1.82) is 0 Å². The molecule has 2 rings (SSSR count). The highest BCUT2D eigenvalue weighted by Gasteiger charge is 2.17. The number of aryl methyl sites for hydroxylation is 2. The van der Waals surface area contributed by atoms with Crippen LogP contribution in [0.5, 0.6) is 0 Å². The minimum absolute atomic E-state index is 0.202. The summed E-state index contributed by atoms with van der Waals surface area (Å²) in [4.78, 5) is 12.4. The van der Waals surface area contributed by atoms with Crippen LogP contribution in [0, 0.1) is 26.7 Å². The smallest absolute Gasteiger partial charge is 0.254 e. The molecule has 0 aliphatic rings. The lowest BCUT2D eigenvalue weighted by Crippen LogP contribution is -2.33. The first-order valence-electron chi connectivity index (χ1n) is 8.38. The van der Waals surface area contributed by atoms with Gasteiger partial charge in [-0.25, -0.2) is 4.68 Å². The first-order valence-corrected chi connectivity index (χ1v) is 8.38. The van der Waals surface area contributed by atoms with E-state index in [0.29, 0.717) is 17.9 Å². The van der Waals surface area contributed by atoms with Crippen LogP contribution >= 0.6 is 0 Å². The Balaban J connectivity index is 2.15. The zero-order valence-electron chi connectivity index (χ0n) is 15.1. The first-order chi connectivity index (χ1) is 11.3. The number of rotatable bonds is 6. The number of benzene rings is 1. The fraction of sp³-hybridized carbons (Fsp3) is 0.474. The molecule has 5 nitrogen and oxygen atoms in total. The van der Waals surface area contributed by atoms with Crippen LogP contribution in [0.2, 0.25) is 0 Å². The predicted molar refractivity (Wildman–Crippen MR) is 95.6 cm³/mol. The highest BCUT2D eigenvalue weighted by molar-refractivity contribution is 5.95. The molecular weight excluding hydrogens is 302 g/mol. The molecule has 2 N–H and O–H groups in total. The standard InChI is InChI=1S/C19H27N3O2/c1-12(2)8-16(23)10-20-19(24)17-11-21-22(15(17)5)18-9-13(3)6-7-14(18)4/h6-7,9,11-12,16,23H,8,10H2,1-5H3,(H,20,24). The van der Waals surface area contributed by atoms with E-state index >= 15 is 0 Å². The molecule has 1 heterocycles. The second kappa shape index (κ2) is 7.62. The number of hydrogen-bond donors (Lipinski definition) is 2. The summed E-state index contributed by atoms with van der Waals surface area (Å²) in [5, 5.41) is 17.1. The number of nitrogens with zero attached hydrogens (tertiary/aromatic N) is 2. The minimum atomic E-state index is -0.525. The van der Waals surface area contributed by atoms with Gasteiger partial charge in [-0.3, -0.25) is 4.79 Å². The summed E-state index contributed by atoms with van der Waals surface area (Å²) in [5.74, 6) is 0.192. The first kappa shape index (κ1) is 18.2. The third-order valence-corrected chi connectivity index (χ3v) is 4.09. The Labute approximate surface area is 143 Å². The van der Waals surface area contributed by atoms with Crippen LogP contribution in [0.4, 0.5) is 0 Å². The molecule has 1 aromatic heterocycles. The zero-order chi connectivity index (χ0) is 17.9. The highest BCUT2D eigenvalue weighted by Crippen LogP contribution is 2.19. The van der Waals surface area contributed by atoms with E-state index in [1.165, 1.54) is 0 Å². The molecule has 1 atom stereocenters. The van der Waals surface area contributed by atoms with Gasteiger partial charge in [0.1, 0.15) is 0 Å². The fourth-order valence-electron chi connectivity index (χ4n) is 2.76. The number of amides is 1. The second-order valence-electron chi connectivity index (χ2n) is 6.84. The van der Waals surface area contributed by atoms with Crippen molar-refractivity contribution in [1.82, 2.24) is 15.1 Å². The van der Waals surface area contributed by atoms with E-state index in [9.17, 15) is 9.90 Å². The maximum atomic E-state index is 12.4. The Hall–Kier alpha value is -2.14. The topological polar surface area (TPSA) is 67.2 Å². The van der Waals surface area contributed by atoms with Crippen molar-refractivity contribution in [3.63, 3.8) is 0 Å². The van der Waals surface area contributed by atoms with Gasteiger partial charge in [-0.05, 0) is 50.3 Å². The molecule has 2 aromatic rings. The average Bonchev–Trinajstić information content (AvgIpc) is 2.88. The highest BCUT2D eigenvalue weighted by atomic mass is 16.3. The Morgan fingerprint density at radius 2 is 2.00 bits per heavy atom. The lowest BCUT2D eigenvalue weighted by atomic mass is 10.1. The summed E-state index contributed by atoms with van der Waals surface area (Å²) < 4.78 is 1.79. The van der Waals surface area contributed by atoms with Gasteiger partial charge in [0.2, 0.25) is 0 Å². The van der Waals surface area contributed by atoms with Crippen LogP contribution in [0.15, 0.2) is 24.4 Å². The lowest BCUT2D eigenvalue weighted by molar-refractivity contribution is 0.0899. The lowest BCUT2D eigenvalue weighted by Gasteiger charge is -2.14. The maximum absolute atomic E-state index is 12.4. The van der Waals surface area contributed by atoms with Crippen molar-refractivity contribution >= 4 is 5.91 Å². The summed E-state index contributed by atoms with van der Waals surface area (Å²) in [7, 11) is 0. The van der Waals surface area contributed by atoms with E-state index in [4.69, 9.17) is 0 Å². The van der Waals surface area contributed by atoms with Gasteiger partial charge in [-0.1, -0.05) is 26.0 Å². The molecule has 24 heavy (non-hydrogen) atoms. The molecule has 0 bridgehead atoms. The van der Waals surface area contributed by atoms with E-state index in [1.807, 2.05) is 40.7 Å². The number of carbonyl (C=O) groups is 1.